The molecule has 1 saturated heterocycles. The topological polar surface area (TPSA) is 55.4 Å². The lowest BCUT2D eigenvalue weighted by atomic mass is 9.89. The molecule has 17 heavy (non-hydrogen) atoms. The van der Waals surface area contributed by atoms with E-state index in [1.54, 1.807) is 7.11 Å². The normalized spacial score (nSPS) is 20.0. The van der Waals surface area contributed by atoms with Crippen molar-refractivity contribution in [3.63, 3.8) is 0 Å². The highest BCUT2D eigenvalue weighted by Gasteiger charge is 2.29. The highest BCUT2D eigenvalue weighted by Crippen LogP contribution is 2.32. The van der Waals surface area contributed by atoms with E-state index < -0.39 is 0 Å². The molecule has 1 fully saturated rings. The zero-order chi connectivity index (χ0) is 12.4. The highest BCUT2D eigenvalue weighted by molar-refractivity contribution is 6.01. The van der Waals surface area contributed by atoms with E-state index in [1.165, 1.54) is 0 Å². The number of ether oxygens (including phenoxy) is 1. The smallest absolute Gasteiger partial charge is 0.234 e. The Labute approximate surface area is 100.0 Å². The van der Waals surface area contributed by atoms with Crippen LogP contribution in [0, 0.1) is 6.92 Å². The summed E-state index contributed by atoms with van der Waals surface area (Å²) in [5.41, 5.74) is 1.93. The number of aryl methyl sites for hydroxylation is 1. The van der Waals surface area contributed by atoms with Gasteiger partial charge in [0.15, 0.2) is 0 Å². The summed E-state index contributed by atoms with van der Waals surface area (Å²) < 4.78 is 5.29. The van der Waals surface area contributed by atoms with Crippen LogP contribution in [0.5, 0.6) is 5.75 Å². The van der Waals surface area contributed by atoms with Gasteiger partial charge in [-0.25, -0.2) is 0 Å². The first-order valence-electron chi connectivity index (χ1n) is 5.60. The van der Waals surface area contributed by atoms with Gasteiger partial charge in [0.1, 0.15) is 5.75 Å². The van der Waals surface area contributed by atoms with Gasteiger partial charge in [-0.2, -0.15) is 0 Å². The number of carbonyl (C=O) groups is 2. The standard InChI is InChI=1S/C13H15NO3/c1-8-3-4-9(11(7-8)17-2)10-5-6-12(15)14-13(10)16/h3-4,7,10H,5-6H2,1-2H3,(H,14,15,16). The quantitative estimate of drug-likeness (QED) is 0.788. The van der Waals surface area contributed by atoms with Crippen molar-refractivity contribution in [3.8, 4) is 5.75 Å². The molecule has 4 heteroatoms. The Hall–Kier alpha value is -1.84. The van der Waals surface area contributed by atoms with Crippen molar-refractivity contribution in [2.75, 3.05) is 7.11 Å². The zero-order valence-electron chi connectivity index (χ0n) is 9.95. The molecule has 0 aromatic heterocycles. The number of carbonyl (C=O) groups excluding carboxylic acids is 2. The van der Waals surface area contributed by atoms with E-state index in [0.29, 0.717) is 18.6 Å². The van der Waals surface area contributed by atoms with E-state index in [-0.39, 0.29) is 17.7 Å². The number of rotatable bonds is 2. The van der Waals surface area contributed by atoms with E-state index in [2.05, 4.69) is 5.32 Å². The van der Waals surface area contributed by atoms with Crippen LogP contribution in [0.4, 0.5) is 0 Å². The minimum atomic E-state index is -0.289. The Balaban J connectivity index is 2.33. The first-order chi connectivity index (χ1) is 8.11. The summed E-state index contributed by atoms with van der Waals surface area (Å²) in [5.74, 6) is -0.0107. The van der Waals surface area contributed by atoms with Crippen LogP contribution in [0.1, 0.15) is 29.9 Å². The molecule has 1 N–H and O–H groups in total. The first-order valence-corrected chi connectivity index (χ1v) is 5.60. The van der Waals surface area contributed by atoms with Gasteiger partial charge in [0.05, 0.1) is 13.0 Å². The molecule has 2 rings (SSSR count). The fourth-order valence-corrected chi connectivity index (χ4v) is 2.10. The van der Waals surface area contributed by atoms with Crippen molar-refractivity contribution in [2.24, 2.45) is 0 Å². The zero-order valence-corrected chi connectivity index (χ0v) is 9.95. The molecule has 1 unspecified atom stereocenters. The molecule has 4 nitrogen and oxygen atoms in total. The predicted molar refractivity (Wildman–Crippen MR) is 62.9 cm³/mol. The molecule has 1 aliphatic rings. The van der Waals surface area contributed by atoms with Crippen LogP contribution in [-0.2, 0) is 9.59 Å². The summed E-state index contributed by atoms with van der Waals surface area (Å²) in [7, 11) is 1.59. The summed E-state index contributed by atoms with van der Waals surface area (Å²) in [6.45, 7) is 1.97. The SMILES string of the molecule is COc1cc(C)ccc1C1CCC(=O)NC1=O. The van der Waals surface area contributed by atoms with Gasteiger partial charge in [0.25, 0.3) is 0 Å². The fraction of sp³-hybridized carbons (Fsp3) is 0.385. The highest BCUT2D eigenvalue weighted by atomic mass is 16.5. The number of hydrogen-bond donors (Lipinski definition) is 1. The number of methoxy groups -OCH3 is 1. The first kappa shape index (κ1) is 11.6. The van der Waals surface area contributed by atoms with Gasteiger partial charge < -0.3 is 4.74 Å². The van der Waals surface area contributed by atoms with Crippen LogP contribution in [0.25, 0.3) is 0 Å². The molecule has 1 aliphatic heterocycles. The van der Waals surface area contributed by atoms with Gasteiger partial charge in [-0.15, -0.1) is 0 Å². The molecule has 1 aromatic carbocycles. The number of benzene rings is 1. The van der Waals surface area contributed by atoms with E-state index in [1.807, 2.05) is 25.1 Å². The molecular weight excluding hydrogens is 218 g/mol. The average Bonchev–Trinajstić information content (AvgIpc) is 2.30. The number of nitrogens with one attached hydrogen (secondary N) is 1. The van der Waals surface area contributed by atoms with Gasteiger partial charge in [-0.1, -0.05) is 12.1 Å². The molecule has 1 heterocycles. The van der Waals surface area contributed by atoms with Gasteiger partial charge in [0.2, 0.25) is 11.8 Å². The lowest BCUT2D eigenvalue weighted by Crippen LogP contribution is -2.39. The van der Waals surface area contributed by atoms with Gasteiger partial charge in [0, 0.05) is 12.0 Å². The second kappa shape index (κ2) is 4.57. The van der Waals surface area contributed by atoms with Crippen LogP contribution in [-0.4, -0.2) is 18.9 Å². The Bertz CT molecular complexity index is 468. The maximum Gasteiger partial charge on any atom is 0.234 e. The van der Waals surface area contributed by atoms with E-state index in [9.17, 15) is 9.59 Å². The summed E-state index contributed by atoms with van der Waals surface area (Å²) in [6, 6.07) is 5.74. The predicted octanol–water partition coefficient (Wildman–Crippen LogP) is 1.52. The van der Waals surface area contributed by atoms with E-state index in [4.69, 9.17) is 4.74 Å². The Kier molecular flexibility index (Phi) is 3.13. The van der Waals surface area contributed by atoms with Crippen LogP contribution in [0.15, 0.2) is 18.2 Å². The number of imide groups is 1. The van der Waals surface area contributed by atoms with E-state index >= 15 is 0 Å². The summed E-state index contributed by atoms with van der Waals surface area (Å²) in [5, 5.41) is 2.36. The molecule has 0 aliphatic carbocycles. The number of hydrogen-bond acceptors (Lipinski definition) is 3. The molecule has 2 amide bonds. The molecule has 1 aromatic rings. The van der Waals surface area contributed by atoms with Crippen LogP contribution < -0.4 is 10.1 Å². The maximum absolute atomic E-state index is 11.8. The Morgan fingerprint density at radius 2 is 2.12 bits per heavy atom. The summed E-state index contributed by atoms with van der Waals surface area (Å²) in [6.07, 6.45) is 0.928. The number of amides is 2. The van der Waals surface area contributed by atoms with Crippen LogP contribution >= 0.6 is 0 Å². The van der Waals surface area contributed by atoms with Gasteiger partial charge in [-0.05, 0) is 25.0 Å². The molecule has 0 radical (unpaired) electrons. The second-order valence-corrected chi connectivity index (χ2v) is 4.25. The Morgan fingerprint density at radius 3 is 2.76 bits per heavy atom. The van der Waals surface area contributed by atoms with Gasteiger partial charge >= 0.3 is 0 Å². The molecule has 0 saturated carbocycles. The van der Waals surface area contributed by atoms with Crippen molar-refractivity contribution in [1.82, 2.24) is 5.32 Å². The summed E-state index contributed by atoms with van der Waals surface area (Å²) >= 11 is 0. The third-order valence-electron chi connectivity index (χ3n) is 3.00. The lowest BCUT2D eigenvalue weighted by Gasteiger charge is -2.22. The molecule has 1 atom stereocenters. The molecular formula is C13H15NO3. The number of piperidine rings is 1. The van der Waals surface area contributed by atoms with Crippen molar-refractivity contribution < 1.29 is 14.3 Å². The van der Waals surface area contributed by atoms with Crippen LogP contribution in [0.3, 0.4) is 0 Å². The molecule has 90 valence electrons. The summed E-state index contributed by atoms with van der Waals surface area (Å²) in [4.78, 5) is 22.9. The largest absolute Gasteiger partial charge is 0.496 e. The third kappa shape index (κ3) is 2.30. The monoisotopic (exact) mass is 233 g/mol. The van der Waals surface area contributed by atoms with Crippen molar-refractivity contribution in [2.45, 2.75) is 25.7 Å². The Morgan fingerprint density at radius 1 is 1.35 bits per heavy atom. The minimum Gasteiger partial charge on any atom is -0.496 e. The van der Waals surface area contributed by atoms with Crippen molar-refractivity contribution in [3.05, 3.63) is 29.3 Å². The van der Waals surface area contributed by atoms with Crippen LogP contribution in [0.2, 0.25) is 0 Å². The average molecular weight is 233 g/mol. The maximum atomic E-state index is 11.8. The third-order valence-corrected chi connectivity index (χ3v) is 3.00. The van der Waals surface area contributed by atoms with E-state index in [0.717, 1.165) is 11.1 Å². The van der Waals surface area contributed by atoms with Crippen molar-refractivity contribution in [1.29, 1.82) is 0 Å². The lowest BCUT2D eigenvalue weighted by molar-refractivity contribution is -0.134. The fourth-order valence-electron chi connectivity index (χ4n) is 2.10. The minimum absolute atomic E-state index is 0.197. The van der Waals surface area contributed by atoms with Gasteiger partial charge in [-0.3, -0.25) is 14.9 Å². The molecule has 0 bridgehead atoms. The second-order valence-electron chi connectivity index (χ2n) is 4.25. The molecule has 0 spiro atoms. The van der Waals surface area contributed by atoms with Crippen molar-refractivity contribution >= 4 is 11.8 Å².